The second-order valence-electron chi connectivity index (χ2n) is 3.81. The third-order valence-electron chi connectivity index (χ3n) is 2.67. The average Bonchev–Trinajstić information content (AvgIpc) is 2.09. The highest BCUT2D eigenvalue weighted by Crippen LogP contribution is 2.37. The summed E-state index contributed by atoms with van der Waals surface area (Å²) in [4.78, 5) is 21.3. The Hall–Kier alpha value is -0.890. The van der Waals surface area contributed by atoms with Gasteiger partial charge in [-0.05, 0) is 25.2 Å². The van der Waals surface area contributed by atoms with E-state index in [1.807, 2.05) is 0 Å². The van der Waals surface area contributed by atoms with E-state index >= 15 is 0 Å². The summed E-state index contributed by atoms with van der Waals surface area (Å²) in [6.07, 6.45) is 2.60. The lowest BCUT2D eigenvalue weighted by Gasteiger charge is -2.25. The Bertz CT molecular complexity index is 309. The molecule has 0 saturated heterocycles. The van der Waals surface area contributed by atoms with Crippen molar-refractivity contribution < 1.29 is 19.8 Å². The lowest BCUT2D eigenvalue weighted by atomic mass is 9.83. The number of aliphatic carboxylic acids is 2. The summed E-state index contributed by atoms with van der Waals surface area (Å²) in [6.45, 7) is 0. The molecule has 0 aliphatic heterocycles. The van der Waals surface area contributed by atoms with Gasteiger partial charge in [-0.1, -0.05) is 10.9 Å². The molecular formula is C10H15O4P. The van der Waals surface area contributed by atoms with Gasteiger partial charge in [0.15, 0.2) is 0 Å². The van der Waals surface area contributed by atoms with Crippen LogP contribution in [0.25, 0.3) is 0 Å². The first-order valence-electron chi connectivity index (χ1n) is 4.91. The molecule has 15 heavy (non-hydrogen) atoms. The van der Waals surface area contributed by atoms with Crippen LogP contribution in [0, 0.1) is 5.92 Å². The van der Waals surface area contributed by atoms with Crippen molar-refractivity contribution in [1.82, 2.24) is 0 Å². The first-order valence-corrected chi connectivity index (χ1v) is 5.49. The summed E-state index contributed by atoms with van der Waals surface area (Å²) in [7, 11) is 2.54. The maximum atomic E-state index is 10.7. The normalized spacial score (nSPS) is 21.5. The fourth-order valence-corrected chi connectivity index (χ4v) is 2.53. The van der Waals surface area contributed by atoms with Gasteiger partial charge >= 0.3 is 11.9 Å². The molecule has 0 saturated carbocycles. The summed E-state index contributed by atoms with van der Waals surface area (Å²) < 4.78 is 0. The number of rotatable bonds is 4. The van der Waals surface area contributed by atoms with Crippen LogP contribution < -0.4 is 0 Å². The van der Waals surface area contributed by atoms with Crippen LogP contribution in [0.1, 0.15) is 32.1 Å². The quantitative estimate of drug-likeness (QED) is 0.723. The molecule has 0 bridgehead atoms. The van der Waals surface area contributed by atoms with Gasteiger partial charge in [0.05, 0.1) is 12.8 Å². The van der Waals surface area contributed by atoms with E-state index in [4.69, 9.17) is 10.2 Å². The monoisotopic (exact) mass is 230 g/mol. The maximum absolute atomic E-state index is 10.7. The van der Waals surface area contributed by atoms with Crippen LogP contribution >= 0.6 is 9.24 Å². The standard InChI is InChI=1S/C10H15O4P/c11-9(12)4-6-2-1-3-8(15)7(6)5-10(13)14/h6H,1-5,15H2,(H,11,12)(H,13,14). The van der Waals surface area contributed by atoms with Crippen molar-refractivity contribution in [2.45, 2.75) is 32.1 Å². The molecule has 1 aliphatic rings. The molecule has 0 amide bonds. The second-order valence-corrected chi connectivity index (χ2v) is 4.50. The zero-order chi connectivity index (χ0) is 11.4. The lowest BCUT2D eigenvalue weighted by Crippen LogP contribution is -2.17. The summed E-state index contributed by atoms with van der Waals surface area (Å²) in [5, 5.41) is 18.5. The van der Waals surface area contributed by atoms with Crippen molar-refractivity contribution in [3.63, 3.8) is 0 Å². The third kappa shape index (κ3) is 3.63. The number of hydrogen-bond donors (Lipinski definition) is 2. The zero-order valence-corrected chi connectivity index (χ0v) is 9.56. The summed E-state index contributed by atoms with van der Waals surface area (Å²) >= 11 is 0. The van der Waals surface area contributed by atoms with Crippen molar-refractivity contribution in [2.24, 2.45) is 5.92 Å². The first-order chi connectivity index (χ1) is 7.00. The van der Waals surface area contributed by atoms with Crippen LogP contribution in [0.4, 0.5) is 0 Å². The molecule has 84 valence electrons. The van der Waals surface area contributed by atoms with Gasteiger partial charge in [0.1, 0.15) is 0 Å². The second kappa shape index (κ2) is 5.26. The minimum atomic E-state index is -0.887. The molecule has 0 aromatic rings. The molecule has 2 unspecified atom stereocenters. The summed E-state index contributed by atoms with van der Waals surface area (Å²) in [5.41, 5.74) is 0.793. The molecule has 0 radical (unpaired) electrons. The fourth-order valence-electron chi connectivity index (χ4n) is 1.99. The molecule has 2 atom stereocenters. The predicted octanol–water partition coefficient (Wildman–Crippen LogP) is 1.87. The highest BCUT2D eigenvalue weighted by atomic mass is 31.0. The van der Waals surface area contributed by atoms with Gasteiger partial charge in [0, 0.05) is 0 Å². The van der Waals surface area contributed by atoms with Crippen LogP contribution in [0.5, 0.6) is 0 Å². The van der Waals surface area contributed by atoms with Crippen molar-refractivity contribution in [3.05, 3.63) is 10.9 Å². The Balaban J connectivity index is 2.80. The highest BCUT2D eigenvalue weighted by Gasteiger charge is 2.24. The number of hydrogen-bond acceptors (Lipinski definition) is 2. The van der Waals surface area contributed by atoms with Gasteiger partial charge < -0.3 is 10.2 Å². The van der Waals surface area contributed by atoms with Gasteiger partial charge in [-0.2, -0.15) is 0 Å². The van der Waals surface area contributed by atoms with E-state index in [0.29, 0.717) is 0 Å². The minimum absolute atomic E-state index is 0.0310. The molecule has 0 heterocycles. The molecule has 0 aromatic heterocycles. The molecular weight excluding hydrogens is 215 g/mol. The smallest absolute Gasteiger partial charge is 0.307 e. The highest BCUT2D eigenvalue weighted by molar-refractivity contribution is 7.22. The molecule has 2 N–H and O–H groups in total. The maximum Gasteiger partial charge on any atom is 0.307 e. The SMILES string of the molecule is O=C(O)CC1=C(P)CCCC1CC(=O)O. The Morgan fingerprint density at radius 1 is 1.33 bits per heavy atom. The number of carboxylic acids is 2. The van der Waals surface area contributed by atoms with Crippen molar-refractivity contribution >= 4 is 21.2 Å². The van der Waals surface area contributed by atoms with Crippen LogP contribution in [-0.2, 0) is 9.59 Å². The Morgan fingerprint density at radius 3 is 2.53 bits per heavy atom. The van der Waals surface area contributed by atoms with E-state index in [2.05, 4.69) is 9.24 Å². The zero-order valence-electron chi connectivity index (χ0n) is 8.40. The van der Waals surface area contributed by atoms with E-state index in [9.17, 15) is 9.59 Å². The van der Waals surface area contributed by atoms with Crippen LogP contribution in [0.2, 0.25) is 0 Å². The van der Waals surface area contributed by atoms with E-state index < -0.39 is 11.9 Å². The Labute approximate surface area is 90.6 Å². The first kappa shape index (κ1) is 12.2. The topological polar surface area (TPSA) is 74.6 Å². The summed E-state index contributed by atoms with van der Waals surface area (Å²) in [5.74, 6) is -1.84. The van der Waals surface area contributed by atoms with Gasteiger partial charge in [-0.3, -0.25) is 9.59 Å². The van der Waals surface area contributed by atoms with Gasteiger partial charge in [-0.25, -0.2) is 0 Å². The fraction of sp³-hybridized carbons (Fsp3) is 0.600. The predicted molar refractivity (Wildman–Crippen MR) is 58.6 cm³/mol. The van der Waals surface area contributed by atoms with Crippen LogP contribution in [0.15, 0.2) is 10.9 Å². The average molecular weight is 230 g/mol. The molecule has 1 aliphatic carbocycles. The minimum Gasteiger partial charge on any atom is -0.481 e. The lowest BCUT2D eigenvalue weighted by molar-refractivity contribution is -0.139. The molecule has 0 fully saturated rings. The van der Waals surface area contributed by atoms with Crippen molar-refractivity contribution in [3.8, 4) is 0 Å². The van der Waals surface area contributed by atoms with E-state index in [1.54, 1.807) is 0 Å². The molecule has 4 nitrogen and oxygen atoms in total. The van der Waals surface area contributed by atoms with Gasteiger partial charge in [-0.15, -0.1) is 9.24 Å². The van der Waals surface area contributed by atoms with E-state index in [-0.39, 0.29) is 18.8 Å². The van der Waals surface area contributed by atoms with E-state index in [0.717, 1.165) is 30.1 Å². The van der Waals surface area contributed by atoms with Gasteiger partial charge in [0.2, 0.25) is 0 Å². The largest absolute Gasteiger partial charge is 0.481 e. The molecule has 5 heteroatoms. The molecule has 0 spiro atoms. The Kier molecular flexibility index (Phi) is 4.28. The van der Waals surface area contributed by atoms with Crippen molar-refractivity contribution in [2.75, 3.05) is 0 Å². The van der Waals surface area contributed by atoms with Crippen LogP contribution in [-0.4, -0.2) is 22.2 Å². The number of allylic oxidation sites excluding steroid dienone is 1. The van der Waals surface area contributed by atoms with Crippen molar-refractivity contribution in [1.29, 1.82) is 0 Å². The number of carbonyl (C=O) groups is 2. The van der Waals surface area contributed by atoms with Gasteiger partial charge in [0.25, 0.3) is 0 Å². The van der Waals surface area contributed by atoms with E-state index in [1.165, 1.54) is 0 Å². The van der Waals surface area contributed by atoms with Crippen LogP contribution in [0.3, 0.4) is 0 Å². The summed E-state index contributed by atoms with van der Waals surface area (Å²) in [6, 6.07) is 0. The third-order valence-corrected chi connectivity index (χ3v) is 3.33. The molecule has 0 aromatic carbocycles. The molecule has 1 rings (SSSR count). The Morgan fingerprint density at radius 2 is 2.00 bits per heavy atom. The number of carboxylic acid groups (broad SMARTS) is 2.